The summed E-state index contributed by atoms with van der Waals surface area (Å²) in [5, 5.41) is 5.84. The zero-order valence-electron chi connectivity index (χ0n) is 16.2. The highest BCUT2D eigenvalue weighted by molar-refractivity contribution is 6.00. The van der Waals surface area contributed by atoms with Crippen molar-refractivity contribution >= 4 is 17.4 Å². The second-order valence-corrected chi connectivity index (χ2v) is 7.07. The van der Waals surface area contributed by atoms with Crippen LogP contribution in [0.1, 0.15) is 36.6 Å². The fourth-order valence-electron chi connectivity index (χ4n) is 2.89. The topological polar surface area (TPSA) is 54.0 Å². The maximum absolute atomic E-state index is 12.4. The number of nitrogens with zero attached hydrogens (tertiary/aromatic N) is 1. The van der Waals surface area contributed by atoms with Crippen LogP contribution in [0.5, 0.6) is 0 Å². The molecule has 0 radical (unpaired) electrons. The van der Waals surface area contributed by atoms with Crippen molar-refractivity contribution in [3.8, 4) is 11.1 Å². The van der Waals surface area contributed by atoms with Crippen molar-refractivity contribution in [2.45, 2.75) is 33.6 Å². The third kappa shape index (κ3) is 4.73. The van der Waals surface area contributed by atoms with Gasteiger partial charge in [0.2, 0.25) is 0 Å². The van der Waals surface area contributed by atoms with E-state index in [1.807, 2.05) is 62.4 Å². The van der Waals surface area contributed by atoms with Crippen LogP contribution in [-0.2, 0) is 0 Å². The number of nitrogens with one attached hydrogen (secondary N) is 2. The third-order valence-electron chi connectivity index (χ3n) is 4.55. The number of rotatable bonds is 4. The average Bonchev–Trinajstić information content (AvgIpc) is 2.64. The predicted molar refractivity (Wildman–Crippen MR) is 112 cm³/mol. The van der Waals surface area contributed by atoms with Crippen LogP contribution >= 0.6 is 0 Å². The second-order valence-electron chi connectivity index (χ2n) is 7.07. The fraction of sp³-hybridized carbons (Fsp3) is 0.217. The molecule has 0 spiro atoms. The number of urea groups is 1. The van der Waals surface area contributed by atoms with E-state index in [-0.39, 0.29) is 6.03 Å². The summed E-state index contributed by atoms with van der Waals surface area (Å²) in [6.07, 6.45) is 1.80. The molecular weight excluding hydrogens is 334 g/mol. The summed E-state index contributed by atoms with van der Waals surface area (Å²) in [4.78, 5) is 16.6. The van der Waals surface area contributed by atoms with E-state index in [0.29, 0.717) is 5.92 Å². The van der Waals surface area contributed by atoms with Gasteiger partial charge < -0.3 is 10.6 Å². The molecule has 4 heteroatoms. The van der Waals surface area contributed by atoms with E-state index < -0.39 is 0 Å². The van der Waals surface area contributed by atoms with Crippen LogP contribution in [0, 0.1) is 13.8 Å². The smallest absolute Gasteiger partial charge is 0.308 e. The first-order valence-corrected chi connectivity index (χ1v) is 9.14. The predicted octanol–water partition coefficient (Wildman–Crippen LogP) is 6.13. The number of carbonyl (C=O) groups excluding carboxylic acids is 1. The molecule has 0 aliphatic heterocycles. The Hall–Kier alpha value is -3.14. The van der Waals surface area contributed by atoms with Gasteiger partial charge in [0, 0.05) is 23.3 Å². The standard InChI is InChI=1S/C23H25N3O/c1-15(2)19-6-5-16(3)22(14-19)26-23(27)25-21-9-7-18(8-10-21)20-11-12-24-17(4)13-20/h5-15H,1-4H3,(H2,25,26,27). The minimum absolute atomic E-state index is 0.244. The Morgan fingerprint density at radius 1 is 0.889 bits per heavy atom. The number of aromatic nitrogens is 1. The van der Waals surface area contributed by atoms with Crippen molar-refractivity contribution in [1.29, 1.82) is 0 Å². The minimum Gasteiger partial charge on any atom is -0.308 e. The number of hydrogen-bond donors (Lipinski definition) is 2. The molecule has 0 unspecified atom stereocenters. The van der Waals surface area contributed by atoms with E-state index in [2.05, 4.69) is 35.5 Å². The SMILES string of the molecule is Cc1cc(-c2ccc(NC(=O)Nc3cc(C(C)C)ccc3C)cc2)ccn1. The molecule has 27 heavy (non-hydrogen) atoms. The minimum atomic E-state index is -0.244. The van der Waals surface area contributed by atoms with Crippen molar-refractivity contribution in [3.63, 3.8) is 0 Å². The van der Waals surface area contributed by atoms with E-state index in [0.717, 1.165) is 33.8 Å². The Kier molecular flexibility index (Phi) is 5.55. The first-order chi connectivity index (χ1) is 12.9. The first-order valence-electron chi connectivity index (χ1n) is 9.14. The van der Waals surface area contributed by atoms with Crippen LogP contribution in [0.15, 0.2) is 60.8 Å². The first kappa shape index (κ1) is 18.6. The Morgan fingerprint density at radius 3 is 2.30 bits per heavy atom. The summed E-state index contributed by atoms with van der Waals surface area (Å²) >= 11 is 0. The van der Waals surface area contributed by atoms with Gasteiger partial charge in [0.25, 0.3) is 0 Å². The van der Waals surface area contributed by atoms with Crippen LogP contribution in [0.25, 0.3) is 11.1 Å². The van der Waals surface area contributed by atoms with E-state index in [4.69, 9.17) is 0 Å². The maximum Gasteiger partial charge on any atom is 0.323 e. The molecule has 1 aromatic heterocycles. The highest BCUT2D eigenvalue weighted by Gasteiger charge is 2.08. The molecule has 0 atom stereocenters. The highest BCUT2D eigenvalue weighted by Crippen LogP contribution is 2.24. The molecule has 0 bridgehead atoms. The largest absolute Gasteiger partial charge is 0.323 e. The maximum atomic E-state index is 12.4. The summed E-state index contributed by atoms with van der Waals surface area (Å²) in [5.74, 6) is 0.415. The van der Waals surface area contributed by atoms with E-state index >= 15 is 0 Å². The van der Waals surface area contributed by atoms with Gasteiger partial charge in [-0.3, -0.25) is 4.98 Å². The van der Waals surface area contributed by atoms with Gasteiger partial charge in [0.1, 0.15) is 0 Å². The Morgan fingerprint density at radius 2 is 1.63 bits per heavy atom. The lowest BCUT2D eigenvalue weighted by Crippen LogP contribution is -2.20. The normalized spacial score (nSPS) is 10.7. The lowest BCUT2D eigenvalue weighted by atomic mass is 10.0. The van der Waals surface area contributed by atoms with Gasteiger partial charge in [-0.2, -0.15) is 0 Å². The van der Waals surface area contributed by atoms with Gasteiger partial charge in [0.15, 0.2) is 0 Å². The van der Waals surface area contributed by atoms with Crippen molar-refractivity contribution < 1.29 is 4.79 Å². The zero-order chi connectivity index (χ0) is 19.4. The van der Waals surface area contributed by atoms with Gasteiger partial charge in [-0.1, -0.05) is 38.1 Å². The van der Waals surface area contributed by atoms with Gasteiger partial charge in [-0.15, -0.1) is 0 Å². The number of carbonyl (C=O) groups is 1. The summed E-state index contributed by atoms with van der Waals surface area (Å²) in [7, 11) is 0. The number of hydrogen-bond acceptors (Lipinski definition) is 2. The highest BCUT2D eigenvalue weighted by atomic mass is 16.2. The molecule has 1 heterocycles. The number of anilines is 2. The van der Waals surface area contributed by atoms with Crippen molar-refractivity contribution in [2.24, 2.45) is 0 Å². The number of aryl methyl sites for hydroxylation is 2. The van der Waals surface area contributed by atoms with Crippen molar-refractivity contribution in [1.82, 2.24) is 4.98 Å². The molecule has 0 aliphatic rings. The van der Waals surface area contributed by atoms with Crippen molar-refractivity contribution in [3.05, 3.63) is 77.6 Å². The zero-order valence-corrected chi connectivity index (χ0v) is 16.2. The molecule has 2 N–H and O–H groups in total. The Bertz CT molecular complexity index is 946. The molecule has 3 rings (SSSR count). The number of pyridine rings is 1. The van der Waals surface area contributed by atoms with Crippen molar-refractivity contribution in [2.75, 3.05) is 10.6 Å². The lowest BCUT2D eigenvalue weighted by Gasteiger charge is -2.13. The van der Waals surface area contributed by atoms with Crippen LogP contribution in [0.4, 0.5) is 16.2 Å². The van der Waals surface area contributed by atoms with Gasteiger partial charge in [0.05, 0.1) is 0 Å². The van der Waals surface area contributed by atoms with Crippen LogP contribution < -0.4 is 10.6 Å². The molecule has 3 aromatic rings. The molecule has 0 aliphatic carbocycles. The third-order valence-corrected chi connectivity index (χ3v) is 4.55. The molecule has 0 saturated carbocycles. The van der Waals surface area contributed by atoms with E-state index in [1.165, 1.54) is 5.56 Å². The van der Waals surface area contributed by atoms with E-state index in [1.54, 1.807) is 6.20 Å². The Labute approximate surface area is 160 Å². The van der Waals surface area contributed by atoms with Gasteiger partial charge in [-0.05, 0) is 72.4 Å². The van der Waals surface area contributed by atoms with Gasteiger partial charge in [-0.25, -0.2) is 4.79 Å². The molecule has 0 saturated heterocycles. The van der Waals surface area contributed by atoms with E-state index in [9.17, 15) is 4.79 Å². The molecule has 0 fully saturated rings. The summed E-state index contributed by atoms with van der Waals surface area (Å²) in [5.41, 5.74) is 7.01. The van der Waals surface area contributed by atoms with Gasteiger partial charge >= 0.3 is 6.03 Å². The lowest BCUT2D eigenvalue weighted by molar-refractivity contribution is 0.262. The second kappa shape index (κ2) is 8.04. The van der Waals surface area contributed by atoms with Crippen LogP contribution in [-0.4, -0.2) is 11.0 Å². The number of amides is 2. The summed E-state index contributed by atoms with van der Waals surface area (Å²) in [6.45, 7) is 8.24. The van der Waals surface area contributed by atoms with Crippen LogP contribution in [0.2, 0.25) is 0 Å². The quantitative estimate of drug-likeness (QED) is 0.588. The molecule has 2 aromatic carbocycles. The molecular formula is C23H25N3O. The van der Waals surface area contributed by atoms with Crippen LogP contribution in [0.3, 0.4) is 0 Å². The molecule has 138 valence electrons. The fourth-order valence-corrected chi connectivity index (χ4v) is 2.89. The summed E-state index contributed by atoms with van der Waals surface area (Å²) in [6, 6.07) is 17.8. The average molecular weight is 359 g/mol. The Balaban J connectivity index is 1.69. The molecule has 2 amide bonds. The molecule has 4 nitrogen and oxygen atoms in total. The monoisotopic (exact) mass is 359 g/mol. The summed E-state index contributed by atoms with van der Waals surface area (Å²) < 4.78 is 0. The number of benzene rings is 2.